The van der Waals surface area contributed by atoms with E-state index in [1.54, 1.807) is 24.7 Å². The third kappa shape index (κ3) is 2.91. The van der Waals surface area contributed by atoms with E-state index in [9.17, 15) is 0 Å². The zero-order valence-corrected chi connectivity index (χ0v) is 8.96. The van der Waals surface area contributed by atoms with Gasteiger partial charge in [0.2, 0.25) is 5.95 Å². The van der Waals surface area contributed by atoms with Gasteiger partial charge in [0.1, 0.15) is 5.82 Å². The SMILES string of the molecule is CC(Nc1ccccn1)Nc1ncccn1. The molecule has 0 aromatic carbocycles. The molecule has 2 aromatic rings. The summed E-state index contributed by atoms with van der Waals surface area (Å²) in [6.45, 7) is 1.98. The van der Waals surface area contributed by atoms with Crippen LogP contribution in [0.5, 0.6) is 0 Å². The normalized spacial score (nSPS) is 11.8. The van der Waals surface area contributed by atoms with Crippen molar-refractivity contribution in [3.8, 4) is 0 Å². The van der Waals surface area contributed by atoms with Crippen LogP contribution in [0.1, 0.15) is 6.92 Å². The Bertz CT molecular complexity index is 375. The fraction of sp³-hybridized carbons (Fsp3) is 0.182. The van der Waals surface area contributed by atoms with Crippen LogP contribution in [-0.4, -0.2) is 21.1 Å². The number of nitrogens with one attached hydrogen (secondary N) is 2. The van der Waals surface area contributed by atoms with Crippen LogP contribution in [-0.2, 0) is 0 Å². The number of nitrogens with zero attached hydrogens (tertiary/aromatic N) is 3. The van der Waals surface area contributed by atoms with Gasteiger partial charge in [-0.2, -0.15) is 0 Å². The Kier molecular flexibility index (Phi) is 3.28. The molecule has 0 amide bonds. The second-order valence-corrected chi connectivity index (χ2v) is 3.30. The summed E-state index contributed by atoms with van der Waals surface area (Å²) in [5.74, 6) is 1.41. The van der Waals surface area contributed by atoms with Gasteiger partial charge in [-0.15, -0.1) is 0 Å². The monoisotopic (exact) mass is 215 g/mol. The molecule has 2 aromatic heterocycles. The van der Waals surface area contributed by atoms with Crippen LogP contribution in [0.2, 0.25) is 0 Å². The fourth-order valence-corrected chi connectivity index (χ4v) is 1.27. The van der Waals surface area contributed by atoms with Gasteiger partial charge in [0.25, 0.3) is 0 Å². The maximum atomic E-state index is 4.17. The Balaban J connectivity index is 1.92. The van der Waals surface area contributed by atoms with E-state index in [4.69, 9.17) is 0 Å². The highest BCUT2D eigenvalue weighted by Crippen LogP contribution is 2.04. The van der Waals surface area contributed by atoms with Crippen molar-refractivity contribution in [2.45, 2.75) is 13.1 Å². The lowest BCUT2D eigenvalue weighted by molar-refractivity contribution is 0.880. The molecular weight excluding hydrogens is 202 g/mol. The molecule has 16 heavy (non-hydrogen) atoms. The van der Waals surface area contributed by atoms with Gasteiger partial charge in [-0.1, -0.05) is 6.07 Å². The van der Waals surface area contributed by atoms with Crippen LogP contribution < -0.4 is 10.6 Å². The third-order valence-electron chi connectivity index (χ3n) is 1.94. The van der Waals surface area contributed by atoms with Gasteiger partial charge >= 0.3 is 0 Å². The van der Waals surface area contributed by atoms with Crippen molar-refractivity contribution in [3.63, 3.8) is 0 Å². The maximum Gasteiger partial charge on any atom is 0.224 e. The molecule has 0 aliphatic rings. The van der Waals surface area contributed by atoms with Crippen LogP contribution in [0, 0.1) is 0 Å². The number of hydrogen-bond donors (Lipinski definition) is 2. The first-order valence-electron chi connectivity index (χ1n) is 5.06. The van der Waals surface area contributed by atoms with Gasteiger partial charge in [-0.05, 0) is 25.1 Å². The molecule has 0 aliphatic heterocycles. The second kappa shape index (κ2) is 5.06. The molecule has 0 radical (unpaired) electrons. The van der Waals surface area contributed by atoms with E-state index in [1.807, 2.05) is 25.1 Å². The summed E-state index contributed by atoms with van der Waals surface area (Å²) >= 11 is 0. The number of rotatable bonds is 4. The summed E-state index contributed by atoms with van der Waals surface area (Å²) < 4.78 is 0. The maximum absolute atomic E-state index is 4.17. The highest BCUT2D eigenvalue weighted by atomic mass is 15.2. The standard InChI is InChI=1S/C11H13N5/c1-9(15-10-5-2-3-6-12-10)16-11-13-7-4-8-14-11/h2-9H,1H3,(H,12,15)(H,13,14,16). The van der Waals surface area contributed by atoms with Gasteiger partial charge in [0, 0.05) is 18.6 Å². The van der Waals surface area contributed by atoms with E-state index in [2.05, 4.69) is 25.6 Å². The lowest BCUT2D eigenvalue weighted by Crippen LogP contribution is -2.26. The summed E-state index contributed by atoms with van der Waals surface area (Å²) in [7, 11) is 0. The first kappa shape index (κ1) is 10.4. The Hall–Kier alpha value is -2.17. The van der Waals surface area contributed by atoms with E-state index in [0.717, 1.165) is 5.82 Å². The van der Waals surface area contributed by atoms with Gasteiger partial charge < -0.3 is 10.6 Å². The summed E-state index contributed by atoms with van der Waals surface area (Å²) in [4.78, 5) is 12.3. The van der Waals surface area contributed by atoms with Crippen LogP contribution in [0.25, 0.3) is 0 Å². The molecule has 0 saturated carbocycles. The van der Waals surface area contributed by atoms with Gasteiger partial charge in [-0.25, -0.2) is 15.0 Å². The second-order valence-electron chi connectivity index (χ2n) is 3.30. The Morgan fingerprint density at radius 2 is 1.69 bits per heavy atom. The first-order chi connectivity index (χ1) is 7.84. The Morgan fingerprint density at radius 1 is 0.938 bits per heavy atom. The van der Waals surface area contributed by atoms with Crippen molar-refractivity contribution >= 4 is 11.8 Å². The van der Waals surface area contributed by atoms with Crippen LogP contribution in [0.4, 0.5) is 11.8 Å². The fourth-order valence-electron chi connectivity index (χ4n) is 1.27. The van der Waals surface area contributed by atoms with Crippen molar-refractivity contribution in [2.75, 3.05) is 10.6 Å². The molecule has 0 spiro atoms. The molecule has 5 nitrogen and oxygen atoms in total. The number of aromatic nitrogens is 3. The number of hydrogen-bond acceptors (Lipinski definition) is 5. The van der Waals surface area contributed by atoms with Crippen molar-refractivity contribution in [1.82, 2.24) is 15.0 Å². The Labute approximate surface area is 94.0 Å². The largest absolute Gasteiger partial charge is 0.350 e. The average Bonchev–Trinajstić information content (AvgIpc) is 2.31. The smallest absolute Gasteiger partial charge is 0.224 e. The van der Waals surface area contributed by atoms with Crippen molar-refractivity contribution in [2.24, 2.45) is 0 Å². The van der Waals surface area contributed by atoms with Gasteiger partial charge in [0.15, 0.2) is 0 Å². The predicted octanol–water partition coefficient (Wildman–Crippen LogP) is 1.74. The molecule has 0 fully saturated rings. The van der Waals surface area contributed by atoms with Crippen molar-refractivity contribution in [3.05, 3.63) is 42.9 Å². The van der Waals surface area contributed by atoms with Crippen molar-refractivity contribution < 1.29 is 0 Å². The van der Waals surface area contributed by atoms with E-state index in [1.165, 1.54) is 0 Å². The van der Waals surface area contributed by atoms with Gasteiger partial charge in [-0.3, -0.25) is 0 Å². The molecule has 0 aliphatic carbocycles. The molecule has 0 bridgehead atoms. The zero-order chi connectivity index (χ0) is 11.2. The molecule has 1 atom stereocenters. The van der Waals surface area contributed by atoms with E-state index >= 15 is 0 Å². The molecule has 0 saturated heterocycles. The van der Waals surface area contributed by atoms with E-state index < -0.39 is 0 Å². The molecule has 5 heteroatoms. The minimum Gasteiger partial charge on any atom is -0.350 e. The molecule has 2 heterocycles. The molecule has 1 unspecified atom stereocenters. The first-order valence-corrected chi connectivity index (χ1v) is 5.06. The minimum atomic E-state index is 0.0114. The zero-order valence-electron chi connectivity index (χ0n) is 8.96. The quantitative estimate of drug-likeness (QED) is 0.761. The van der Waals surface area contributed by atoms with Gasteiger partial charge in [0.05, 0.1) is 6.17 Å². The molecule has 2 N–H and O–H groups in total. The topological polar surface area (TPSA) is 62.7 Å². The van der Waals surface area contributed by atoms with E-state index in [0.29, 0.717) is 5.95 Å². The molecule has 82 valence electrons. The summed E-state index contributed by atoms with van der Waals surface area (Å²) in [6, 6.07) is 7.50. The van der Waals surface area contributed by atoms with Crippen LogP contribution in [0.15, 0.2) is 42.9 Å². The van der Waals surface area contributed by atoms with Crippen LogP contribution >= 0.6 is 0 Å². The summed E-state index contributed by atoms with van der Waals surface area (Å²) in [6.07, 6.45) is 5.15. The average molecular weight is 215 g/mol. The predicted molar refractivity (Wildman–Crippen MR) is 63.0 cm³/mol. The minimum absolute atomic E-state index is 0.0114. The third-order valence-corrected chi connectivity index (χ3v) is 1.94. The number of pyridine rings is 1. The lowest BCUT2D eigenvalue weighted by atomic mass is 10.4. The van der Waals surface area contributed by atoms with Crippen molar-refractivity contribution in [1.29, 1.82) is 0 Å². The highest BCUT2D eigenvalue weighted by Gasteiger charge is 2.02. The van der Waals surface area contributed by atoms with E-state index in [-0.39, 0.29) is 6.17 Å². The lowest BCUT2D eigenvalue weighted by Gasteiger charge is -2.15. The van der Waals surface area contributed by atoms with Crippen LogP contribution in [0.3, 0.4) is 0 Å². The summed E-state index contributed by atoms with van der Waals surface area (Å²) in [5.41, 5.74) is 0. The molecule has 2 rings (SSSR count). The highest BCUT2D eigenvalue weighted by molar-refractivity contribution is 5.37. The summed E-state index contributed by atoms with van der Waals surface area (Å²) in [5, 5.41) is 6.31. The Morgan fingerprint density at radius 3 is 2.38 bits per heavy atom. The number of anilines is 2. The molecular formula is C11H13N5.